The largest absolute Gasteiger partial charge is 0.342 e. The maximum absolute atomic E-state index is 12.4. The highest BCUT2D eigenvalue weighted by atomic mass is 16.2. The first-order valence-electron chi connectivity index (χ1n) is 6.50. The van der Waals surface area contributed by atoms with Gasteiger partial charge >= 0.3 is 0 Å². The van der Waals surface area contributed by atoms with E-state index in [-0.39, 0.29) is 23.8 Å². The predicted octanol–water partition coefficient (Wildman–Crippen LogP) is 1.16. The van der Waals surface area contributed by atoms with Gasteiger partial charge in [-0.3, -0.25) is 9.59 Å². The van der Waals surface area contributed by atoms with Crippen LogP contribution in [0.25, 0.3) is 0 Å². The molecule has 0 bridgehead atoms. The van der Waals surface area contributed by atoms with Gasteiger partial charge in [0.2, 0.25) is 11.8 Å². The summed E-state index contributed by atoms with van der Waals surface area (Å²) in [6.07, 6.45) is 6.60. The van der Waals surface area contributed by atoms with E-state index >= 15 is 0 Å². The van der Waals surface area contributed by atoms with Gasteiger partial charge in [0.25, 0.3) is 0 Å². The van der Waals surface area contributed by atoms with Gasteiger partial charge in [-0.15, -0.1) is 12.3 Å². The molecule has 1 aliphatic heterocycles. The smallest absolute Gasteiger partial charge is 0.246 e. The predicted molar refractivity (Wildman–Crippen MR) is 70.6 cm³/mol. The van der Waals surface area contributed by atoms with Crippen LogP contribution in [0.2, 0.25) is 0 Å². The number of terminal acetylenes is 1. The van der Waals surface area contributed by atoms with Crippen LogP contribution in [0, 0.1) is 18.3 Å². The molecule has 1 saturated heterocycles. The molecule has 0 saturated carbocycles. The zero-order chi connectivity index (χ0) is 13.9. The van der Waals surface area contributed by atoms with Crippen molar-refractivity contribution in [3.8, 4) is 12.3 Å². The Hall–Kier alpha value is -1.50. The van der Waals surface area contributed by atoms with Crippen LogP contribution in [0.3, 0.4) is 0 Å². The Kier molecular flexibility index (Phi) is 4.77. The Morgan fingerprint density at radius 2 is 2.06 bits per heavy atom. The molecule has 0 aromatic rings. The first-order valence-corrected chi connectivity index (χ1v) is 6.50. The monoisotopic (exact) mass is 250 g/mol. The Balaban J connectivity index is 3.01. The highest BCUT2D eigenvalue weighted by molar-refractivity contribution is 5.97. The van der Waals surface area contributed by atoms with Crippen molar-refractivity contribution in [1.29, 1.82) is 0 Å². The van der Waals surface area contributed by atoms with Gasteiger partial charge in [0.05, 0.1) is 0 Å². The van der Waals surface area contributed by atoms with Gasteiger partial charge in [-0.25, -0.2) is 0 Å². The van der Waals surface area contributed by atoms with Crippen molar-refractivity contribution in [3.63, 3.8) is 0 Å². The molecule has 0 aromatic carbocycles. The normalized spacial score (nSPS) is 25.9. The minimum absolute atomic E-state index is 0.0146. The summed E-state index contributed by atoms with van der Waals surface area (Å²) in [5.74, 6) is 2.57. The van der Waals surface area contributed by atoms with Gasteiger partial charge in [-0.1, -0.05) is 20.8 Å². The van der Waals surface area contributed by atoms with Crippen molar-refractivity contribution in [2.45, 2.75) is 58.7 Å². The fraction of sp³-hybridized carbons (Fsp3) is 0.714. The lowest BCUT2D eigenvalue weighted by Crippen LogP contribution is -2.66. The van der Waals surface area contributed by atoms with E-state index in [0.29, 0.717) is 6.42 Å². The van der Waals surface area contributed by atoms with Crippen molar-refractivity contribution in [3.05, 3.63) is 0 Å². The van der Waals surface area contributed by atoms with Crippen molar-refractivity contribution >= 4 is 11.8 Å². The van der Waals surface area contributed by atoms with Gasteiger partial charge in [-0.2, -0.15) is 0 Å². The average molecular weight is 250 g/mol. The highest BCUT2D eigenvalue weighted by Crippen LogP contribution is 2.21. The molecule has 0 aliphatic carbocycles. The summed E-state index contributed by atoms with van der Waals surface area (Å²) in [6, 6.07) is -0.920. The number of hydrogen-bond donors (Lipinski definition) is 1. The second-order valence-corrected chi connectivity index (χ2v) is 5.12. The molecule has 18 heavy (non-hydrogen) atoms. The molecule has 3 unspecified atom stereocenters. The molecule has 100 valence electrons. The summed E-state index contributed by atoms with van der Waals surface area (Å²) in [4.78, 5) is 26.0. The molecular weight excluding hydrogens is 228 g/mol. The van der Waals surface area contributed by atoms with Crippen molar-refractivity contribution in [2.75, 3.05) is 0 Å². The minimum atomic E-state index is -0.439. The van der Waals surface area contributed by atoms with Crippen molar-refractivity contribution in [1.82, 2.24) is 10.2 Å². The summed E-state index contributed by atoms with van der Waals surface area (Å²) < 4.78 is 0. The zero-order valence-electron chi connectivity index (χ0n) is 11.6. The first kappa shape index (κ1) is 14.6. The lowest BCUT2D eigenvalue weighted by Gasteiger charge is -2.42. The Labute approximate surface area is 109 Å². The van der Waals surface area contributed by atoms with E-state index in [1.165, 1.54) is 0 Å². The van der Waals surface area contributed by atoms with E-state index in [1.54, 1.807) is 11.8 Å². The molecule has 1 fully saturated rings. The number of hydrogen-bond acceptors (Lipinski definition) is 2. The fourth-order valence-electron chi connectivity index (χ4n) is 2.34. The molecule has 0 radical (unpaired) electrons. The number of amides is 2. The van der Waals surface area contributed by atoms with Gasteiger partial charge in [0, 0.05) is 12.5 Å². The standard InChI is InChI=1S/C14H22N2O2/c1-6-8-11(7-2)16-10(5)13(17)15-12(9(3)4)14(16)18/h1,9-12H,7-8H2,2-5H3,(H,15,17). The van der Waals surface area contributed by atoms with Crippen LogP contribution in [-0.2, 0) is 9.59 Å². The average Bonchev–Trinajstić information content (AvgIpc) is 2.32. The Bertz CT molecular complexity index is 370. The van der Waals surface area contributed by atoms with Gasteiger partial charge < -0.3 is 10.2 Å². The lowest BCUT2D eigenvalue weighted by atomic mass is 9.95. The SMILES string of the molecule is C#CCC(CC)N1C(=O)C(C(C)C)NC(=O)C1C. The van der Waals surface area contributed by atoms with Crippen molar-refractivity contribution in [2.24, 2.45) is 5.92 Å². The number of rotatable bonds is 4. The van der Waals surface area contributed by atoms with E-state index in [0.717, 1.165) is 6.42 Å². The molecule has 1 aliphatic rings. The van der Waals surface area contributed by atoms with Gasteiger partial charge in [0.1, 0.15) is 12.1 Å². The molecule has 0 aromatic heterocycles. The van der Waals surface area contributed by atoms with E-state index < -0.39 is 12.1 Å². The number of carbonyl (C=O) groups excluding carboxylic acids is 2. The van der Waals surface area contributed by atoms with E-state index in [9.17, 15) is 9.59 Å². The number of carbonyl (C=O) groups is 2. The highest BCUT2D eigenvalue weighted by Gasteiger charge is 2.41. The van der Waals surface area contributed by atoms with Crippen LogP contribution in [-0.4, -0.2) is 34.8 Å². The van der Waals surface area contributed by atoms with Crippen LogP contribution >= 0.6 is 0 Å². The second-order valence-electron chi connectivity index (χ2n) is 5.12. The minimum Gasteiger partial charge on any atom is -0.342 e. The molecular formula is C14H22N2O2. The molecule has 3 atom stereocenters. The summed E-state index contributed by atoms with van der Waals surface area (Å²) in [6.45, 7) is 7.60. The number of nitrogens with one attached hydrogen (secondary N) is 1. The number of piperazine rings is 1. The van der Waals surface area contributed by atoms with Crippen LogP contribution in [0.5, 0.6) is 0 Å². The maximum Gasteiger partial charge on any atom is 0.246 e. The van der Waals surface area contributed by atoms with Gasteiger partial charge in [0.15, 0.2) is 0 Å². The van der Waals surface area contributed by atoms with Crippen LogP contribution < -0.4 is 5.32 Å². The molecule has 1 rings (SSSR count). The van der Waals surface area contributed by atoms with E-state index in [1.807, 2.05) is 20.8 Å². The molecule has 0 spiro atoms. The van der Waals surface area contributed by atoms with Crippen LogP contribution in [0.1, 0.15) is 40.5 Å². The Morgan fingerprint density at radius 1 is 1.44 bits per heavy atom. The summed E-state index contributed by atoms with van der Waals surface area (Å²) in [5.41, 5.74) is 0. The molecule has 4 nitrogen and oxygen atoms in total. The van der Waals surface area contributed by atoms with Gasteiger partial charge in [-0.05, 0) is 19.3 Å². The first-order chi connectivity index (χ1) is 8.43. The quantitative estimate of drug-likeness (QED) is 0.761. The molecule has 1 heterocycles. The topological polar surface area (TPSA) is 49.4 Å². The van der Waals surface area contributed by atoms with E-state index in [4.69, 9.17) is 6.42 Å². The second kappa shape index (κ2) is 5.90. The van der Waals surface area contributed by atoms with Crippen molar-refractivity contribution < 1.29 is 9.59 Å². The molecule has 2 amide bonds. The lowest BCUT2D eigenvalue weighted by molar-refractivity contribution is -0.152. The summed E-state index contributed by atoms with van der Waals surface area (Å²) in [7, 11) is 0. The molecule has 4 heteroatoms. The Morgan fingerprint density at radius 3 is 2.50 bits per heavy atom. The zero-order valence-corrected chi connectivity index (χ0v) is 11.6. The maximum atomic E-state index is 12.4. The van der Waals surface area contributed by atoms with Crippen LogP contribution in [0.4, 0.5) is 0 Å². The third-order valence-corrected chi connectivity index (χ3v) is 3.50. The van der Waals surface area contributed by atoms with Crippen LogP contribution in [0.15, 0.2) is 0 Å². The summed E-state index contributed by atoms with van der Waals surface area (Å²) >= 11 is 0. The third-order valence-electron chi connectivity index (χ3n) is 3.50. The van der Waals surface area contributed by atoms with E-state index in [2.05, 4.69) is 11.2 Å². The molecule has 1 N–H and O–H groups in total. The summed E-state index contributed by atoms with van der Waals surface area (Å²) in [5, 5.41) is 2.78. The number of nitrogens with zero attached hydrogens (tertiary/aromatic N) is 1. The third kappa shape index (κ3) is 2.66. The fourth-order valence-corrected chi connectivity index (χ4v) is 2.34.